The number of hydrogen-bond acceptors (Lipinski definition) is 1. The van der Waals surface area contributed by atoms with Crippen LogP contribution in [-0.4, -0.2) is 12.5 Å². The first-order valence-corrected chi connectivity index (χ1v) is 5.78. The molecule has 0 bridgehead atoms. The number of hydrogen-bond donors (Lipinski definition) is 1. The molecule has 0 aliphatic rings. The molecular weight excluding hydrogens is 245 g/mol. The van der Waals surface area contributed by atoms with Crippen LogP contribution in [0.15, 0.2) is 18.2 Å². The molecule has 0 aromatic heterocycles. The van der Waals surface area contributed by atoms with Gasteiger partial charge in [-0.1, -0.05) is 44.0 Å². The Bertz CT molecular complexity index is 396. The third-order valence-electron chi connectivity index (χ3n) is 1.96. The van der Waals surface area contributed by atoms with Crippen molar-refractivity contribution in [3.8, 4) is 0 Å². The molecule has 0 fully saturated rings. The van der Waals surface area contributed by atoms with Gasteiger partial charge in [-0.25, -0.2) is 0 Å². The highest BCUT2D eigenvalue weighted by atomic mass is 35.5. The quantitative estimate of drug-likeness (QED) is 0.861. The Hall–Kier alpha value is -0.730. The summed E-state index contributed by atoms with van der Waals surface area (Å²) in [7, 11) is 0. The number of carbonyl (C=O) groups excluding carboxylic acids is 1. The van der Waals surface area contributed by atoms with Crippen molar-refractivity contribution >= 4 is 29.1 Å². The van der Waals surface area contributed by atoms with Gasteiger partial charge in [-0.3, -0.25) is 4.79 Å². The molecule has 1 N–H and O–H groups in total. The smallest absolute Gasteiger partial charge is 0.252 e. The topological polar surface area (TPSA) is 29.1 Å². The minimum Gasteiger partial charge on any atom is -0.351 e. The van der Waals surface area contributed by atoms with E-state index >= 15 is 0 Å². The molecule has 0 aliphatic carbocycles. The summed E-state index contributed by atoms with van der Waals surface area (Å²) >= 11 is 11.7. The minimum absolute atomic E-state index is 0.0502. The van der Waals surface area contributed by atoms with E-state index in [0.29, 0.717) is 22.2 Å². The lowest BCUT2D eigenvalue weighted by Gasteiger charge is -2.18. The van der Waals surface area contributed by atoms with Crippen LogP contribution in [0.1, 0.15) is 31.1 Å². The fourth-order valence-corrected chi connectivity index (χ4v) is 1.61. The van der Waals surface area contributed by atoms with Crippen molar-refractivity contribution in [2.45, 2.75) is 20.8 Å². The number of amides is 1. The number of carbonyl (C=O) groups is 1. The minimum atomic E-state index is -0.170. The lowest BCUT2D eigenvalue weighted by atomic mass is 9.97. The van der Waals surface area contributed by atoms with E-state index in [2.05, 4.69) is 26.1 Å². The summed E-state index contributed by atoms with van der Waals surface area (Å²) in [6.45, 7) is 6.76. The standard InChI is InChI=1S/C12H15Cl2NO/c1-12(2,3)7-15-11(16)9-5-4-8(13)6-10(9)14/h4-6H,7H2,1-3H3,(H,15,16). The second-order valence-electron chi connectivity index (χ2n) is 4.87. The highest BCUT2D eigenvalue weighted by molar-refractivity contribution is 6.36. The fraction of sp³-hybridized carbons (Fsp3) is 0.417. The molecule has 0 saturated heterocycles. The first kappa shape index (κ1) is 13.3. The summed E-state index contributed by atoms with van der Waals surface area (Å²) in [4.78, 5) is 11.8. The lowest BCUT2D eigenvalue weighted by molar-refractivity contribution is 0.0939. The van der Waals surface area contributed by atoms with Gasteiger partial charge in [0, 0.05) is 11.6 Å². The van der Waals surface area contributed by atoms with Gasteiger partial charge in [-0.15, -0.1) is 0 Å². The van der Waals surface area contributed by atoms with E-state index in [-0.39, 0.29) is 11.3 Å². The summed E-state index contributed by atoms with van der Waals surface area (Å²) in [5.41, 5.74) is 0.504. The average molecular weight is 260 g/mol. The third-order valence-corrected chi connectivity index (χ3v) is 2.50. The van der Waals surface area contributed by atoms with Crippen LogP contribution >= 0.6 is 23.2 Å². The van der Waals surface area contributed by atoms with Gasteiger partial charge < -0.3 is 5.32 Å². The van der Waals surface area contributed by atoms with Crippen molar-refractivity contribution in [1.29, 1.82) is 0 Å². The lowest BCUT2D eigenvalue weighted by Crippen LogP contribution is -2.32. The molecular formula is C12H15Cl2NO. The van der Waals surface area contributed by atoms with Gasteiger partial charge >= 0.3 is 0 Å². The summed E-state index contributed by atoms with van der Waals surface area (Å²) in [5, 5.41) is 3.73. The van der Waals surface area contributed by atoms with Gasteiger partial charge in [-0.2, -0.15) is 0 Å². The third kappa shape index (κ3) is 4.03. The Morgan fingerprint density at radius 1 is 1.31 bits per heavy atom. The summed E-state index contributed by atoms with van der Waals surface area (Å²) in [6, 6.07) is 4.84. The highest BCUT2D eigenvalue weighted by Gasteiger charge is 2.14. The van der Waals surface area contributed by atoms with Crippen LogP contribution in [-0.2, 0) is 0 Å². The van der Waals surface area contributed by atoms with Crippen molar-refractivity contribution in [1.82, 2.24) is 5.32 Å². The number of rotatable bonds is 2. The molecule has 2 nitrogen and oxygen atoms in total. The molecule has 1 aromatic carbocycles. The second-order valence-corrected chi connectivity index (χ2v) is 5.71. The van der Waals surface area contributed by atoms with E-state index in [0.717, 1.165) is 0 Å². The molecule has 1 amide bonds. The summed E-state index contributed by atoms with van der Waals surface area (Å²) < 4.78 is 0. The van der Waals surface area contributed by atoms with Gasteiger partial charge in [-0.05, 0) is 23.6 Å². The predicted molar refractivity (Wildman–Crippen MR) is 68.3 cm³/mol. The van der Waals surface area contributed by atoms with Crippen LogP contribution in [0.3, 0.4) is 0 Å². The Balaban J connectivity index is 2.74. The molecule has 0 unspecified atom stereocenters. The fourth-order valence-electron chi connectivity index (χ4n) is 1.11. The maximum atomic E-state index is 11.8. The Morgan fingerprint density at radius 3 is 2.44 bits per heavy atom. The molecule has 88 valence electrons. The largest absolute Gasteiger partial charge is 0.351 e. The highest BCUT2D eigenvalue weighted by Crippen LogP contribution is 2.21. The Labute approximate surface area is 106 Å². The van der Waals surface area contributed by atoms with E-state index in [9.17, 15) is 4.79 Å². The van der Waals surface area contributed by atoms with Crippen LogP contribution in [0, 0.1) is 5.41 Å². The zero-order chi connectivity index (χ0) is 12.3. The van der Waals surface area contributed by atoms with E-state index < -0.39 is 0 Å². The van der Waals surface area contributed by atoms with Gasteiger partial charge in [0.25, 0.3) is 5.91 Å². The van der Waals surface area contributed by atoms with Crippen LogP contribution in [0.5, 0.6) is 0 Å². The summed E-state index contributed by atoms with van der Waals surface area (Å²) in [6.07, 6.45) is 0. The Kier molecular flexibility index (Phi) is 4.22. The second kappa shape index (κ2) is 5.07. The molecule has 1 rings (SSSR count). The predicted octanol–water partition coefficient (Wildman–Crippen LogP) is 3.77. The Morgan fingerprint density at radius 2 is 1.94 bits per heavy atom. The molecule has 4 heteroatoms. The molecule has 1 aromatic rings. The first-order valence-electron chi connectivity index (χ1n) is 5.03. The van der Waals surface area contributed by atoms with Crippen molar-refractivity contribution in [2.24, 2.45) is 5.41 Å². The first-order chi connectivity index (χ1) is 7.29. The maximum Gasteiger partial charge on any atom is 0.252 e. The molecule has 0 heterocycles. The zero-order valence-corrected chi connectivity index (χ0v) is 11.1. The van der Waals surface area contributed by atoms with Gasteiger partial charge in [0.1, 0.15) is 0 Å². The van der Waals surface area contributed by atoms with E-state index in [1.54, 1.807) is 18.2 Å². The molecule has 0 atom stereocenters. The zero-order valence-electron chi connectivity index (χ0n) is 9.60. The molecule has 0 saturated carbocycles. The van der Waals surface area contributed by atoms with Crippen molar-refractivity contribution in [3.63, 3.8) is 0 Å². The van der Waals surface area contributed by atoms with E-state index in [4.69, 9.17) is 23.2 Å². The van der Waals surface area contributed by atoms with Gasteiger partial charge in [0.05, 0.1) is 10.6 Å². The van der Waals surface area contributed by atoms with Gasteiger partial charge in [0.2, 0.25) is 0 Å². The maximum absolute atomic E-state index is 11.8. The van der Waals surface area contributed by atoms with Crippen LogP contribution in [0.25, 0.3) is 0 Å². The average Bonchev–Trinajstić information content (AvgIpc) is 2.13. The number of nitrogens with one attached hydrogen (secondary N) is 1. The van der Waals surface area contributed by atoms with E-state index in [1.165, 1.54) is 0 Å². The molecule has 0 aliphatic heterocycles. The SMILES string of the molecule is CC(C)(C)CNC(=O)c1ccc(Cl)cc1Cl. The van der Waals surface area contributed by atoms with Crippen molar-refractivity contribution in [3.05, 3.63) is 33.8 Å². The van der Waals surface area contributed by atoms with Crippen LogP contribution in [0.2, 0.25) is 10.0 Å². The van der Waals surface area contributed by atoms with Crippen molar-refractivity contribution < 1.29 is 4.79 Å². The molecule has 16 heavy (non-hydrogen) atoms. The van der Waals surface area contributed by atoms with E-state index in [1.807, 2.05) is 0 Å². The normalized spacial score (nSPS) is 11.3. The number of halogens is 2. The number of benzene rings is 1. The van der Waals surface area contributed by atoms with Crippen molar-refractivity contribution in [2.75, 3.05) is 6.54 Å². The monoisotopic (exact) mass is 259 g/mol. The molecule has 0 spiro atoms. The van der Waals surface area contributed by atoms with Crippen LogP contribution < -0.4 is 5.32 Å². The van der Waals surface area contributed by atoms with Crippen LogP contribution in [0.4, 0.5) is 0 Å². The van der Waals surface area contributed by atoms with Gasteiger partial charge in [0.15, 0.2) is 0 Å². The summed E-state index contributed by atoms with van der Waals surface area (Å²) in [5.74, 6) is -0.170. The molecule has 0 radical (unpaired) electrons.